The number of amides is 1. The second-order valence-electron chi connectivity index (χ2n) is 7.85. The molecule has 0 saturated carbocycles. The Bertz CT molecular complexity index is 973. The largest absolute Gasteiger partial charge is 0.496 e. The summed E-state index contributed by atoms with van der Waals surface area (Å²) in [5.41, 5.74) is 0.322. The molecule has 1 aliphatic rings. The Morgan fingerprint density at radius 2 is 2.21 bits per heavy atom. The fraction of sp³-hybridized carbons (Fsp3) is 0.450. The van der Waals surface area contributed by atoms with Gasteiger partial charge >= 0.3 is 0 Å². The topological polar surface area (TPSA) is 55.6 Å². The lowest BCUT2D eigenvalue weighted by atomic mass is 9.95. The van der Waals surface area contributed by atoms with Crippen molar-refractivity contribution in [1.82, 2.24) is 9.88 Å². The van der Waals surface area contributed by atoms with Crippen molar-refractivity contribution in [3.63, 3.8) is 0 Å². The highest BCUT2D eigenvalue weighted by molar-refractivity contribution is 7.80. The molecule has 1 aliphatic heterocycles. The zero-order chi connectivity index (χ0) is 20.5. The monoisotopic (exact) mass is 437 g/mol. The minimum Gasteiger partial charge on any atom is -0.496 e. The average molecular weight is 438 g/mol. The lowest BCUT2D eigenvalue weighted by molar-refractivity contribution is 0.0994. The van der Waals surface area contributed by atoms with Crippen molar-refractivity contribution in [3.05, 3.63) is 44.7 Å². The SMILES string of the molecule is COc1ccc(Cl)cc1C(=O)/N=c1\sc(C(C)(C)C)cn1C[C@H]1CCC(=S)N1. The molecular weight excluding hydrogens is 414 g/mol. The van der Waals surface area contributed by atoms with Crippen LogP contribution in [0.2, 0.25) is 5.02 Å². The van der Waals surface area contributed by atoms with Crippen LogP contribution in [0.3, 0.4) is 0 Å². The van der Waals surface area contributed by atoms with Crippen molar-refractivity contribution in [2.24, 2.45) is 4.99 Å². The van der Waals surface area contributed by atoms with Crippen LogP contribution in [0.1, 0.15) is 48.8 Å². The van der Waals surface area contributed by atoms with E-state index in [0.29, 0.717) is 27.7 Å². The van der Waals surface area contributed by atoms with E-state index in [0.717, 1.165) is 22.7 Å². The Labute approximate surface area is 179 Å². The number of aromatic nitrogens is 1. The van der Waals surface area contributed by atoms with Gasteiger partial charge in [0.1, 0.15) is 5.75 Å². The van der Waals surface area contributed by atoms with E-state index >= 15 is 0 Å². The summed E-state index contributed by atoms with van der Waals surface area (Å²) < 4.78 is 7.35. The molecule has 1 aromatic carbocycles. The maximum Gasteiger partial charge on any atom is 0.283 e. The quantitative estimate of drug-likeness (QED) is 0.723. The van der Waals surface area contributed by atoms with Gasteiger partial charge in [0.2, 0.25) is 0 Å². The van der Waals surface area contributed by atoms with Crippen LogP contribution in [0.4, 0.5) is 0 Å². The zero-order valence-corrected chi connectivity index (χ0v) is 18.8. The predicted octanol–water partition coefficient (Wildman–Crippen LogP) is 4.33. The number of methoxy groups -OCH3 is 1. The first-order chi connectivity index (χ1) is 13.2. The highest BCUT2D eigenvalue weighted by Crippen LogP contribution is 2.26. The number of rotatable bonds is 4. The lowest BCUT2D eigenvalue weighted by Gasteiger charge is -2.15. The molecule has 28 heavy (non-hydrogen) atoms. The smallest absolute Gasteiger partial charge is 0.283 e. The van der Waals surface area contributed by atoms with Gasteiger partial charge in [-0.2, -0.15) is 4.99 Å². The molecule has 1 aromatic heterocycles. The van der Waals surface area contributed by atoms with Gasteiger partial charge in [-0.3, -0.25) is 4.79 Å². The van der Waals surface area contributed by atoms with E-state index in [1.807, 2.05) is 4.57 Å². The molecular formula is C20H24ClN3O2S2. The Balaban J connectivity index is 2.01. The number of hydrogen-bond donors (Lipinski definition) is 1. The summed E-state index contributed by atoms with van der Waals surface area (Å²) in [4.78, 5) is 20.0. The average Bonchev–Trinajstić information content (AvgIpc) is 3.21. The molecule has 1 atom stereocenters. The third-order valence-corrected chi connectivity index (χ3v) is 6.55. The first kappa shape index (κ1) is 21.0. The normalized spacial score (nSPS) is 17.7. The summed E-state index contributed by atoms with van der Waals surface area (Å²) >= 11 is 12.9. The minimum atomic E-state index is -0.370. The number of nitrogens with zero attached hydrogens (tertiary/aromatic N) is 2. The fourth-order valence-corrected chi connectivity index (χ4v) is 4.50. The van der Waals surface area contributed by atoms with Crippen LogP contribution in [0.25, 0.3) is 0 Å². The van der Waals surface area contributed by atoms with Crippen LogP contribution in [0.5, 0.6) is 5.75 Å². The number of halogens is 1. The van der Waals surface area contributed by atoms with Crippen molar-refractivity contribution in [3.8, 4) is 5.75 Å². The number of thiocarbonyl (C=S) groups is 1. The van der Waals surface area contributed by atoms with Crippen molar-refractivity contribution in [2.45, 2.75) is 51.6 Å². The summed E-state index contributed by atoms with van der Waals surface area (Å²) in [7, 11) is 1.53. The highest BCUT2D eigenvalue weighted by Gasteiger charge is 2.23. The number of nitrogens with one attached hydrogen (secondary N) is 1. The van der Waals surface area contributed by atoms with Gasteiger partial charge in [-0.1, -0.05) is 44.6 Å². The van der Waals surface area contributed by atoms with Crippen LogP contribution in [-0.4, -0.2) is 28.6 Å². The molecule has 0 radical (unpaired) electrons. The van der Waals surface area contributed by atoms with Crippen LogP contribution >= 0.6 is 35.2 Å². The van der Waals surface area contributed by atoms with Gasteiger partial charge in [-0.05, 0) is 36.5 Å². The first-order valence-electron chi connectivity index (χ1n) is 9.10. The molecule has 2 heterocycles. The van der Waals surface area contributed by atoms with Gasteiger partial charge in [0.25, 0.3) is 5.91 Å². The molecule has 5 nitrogen and oxygen atoms in total. The second kappa shape index (κ2) is 8.35. The summed E-state index contributed by atoms with van der Waals surface area (Å²) in [6, 6.07) is 5.21. The molecule has 1 N–H and O–H groups in total. The molecule has 0 spiro atoms. The van der Waals surface area contributed by atoms with Crippen LogP contribution < -0.4 is 14.9 Å². The molecule has 0 aliphatic carbocycles. The molecule has 150 valence electrons. The molecule has 1 amide bonds. The fourth-order valence-electron chi connectivity index (χ4n) is 2.99. The van der Waals surface area contributed by atoms with Crippen molar-refractivity contribution >= 4 is 46.1 Å². The third kappa shape index (κ3) is 4.82. The van der Waals surface area contributed by atoms with Gasteiger partial charge in [0.05, 0.1) is 17.7 Å². The Morgan fingerprint density at radius 1 is 1.46 bits per heavy atom. The number of carbonyl (C=O) groups excluding carboxylic acids is 1. The highest BCUT2D eigenvalue weighted by atomic mass is 35.5. The molecule has 0 unspecified atom stereocenters. The van der Waals surface area contributed by atoms with Gasteiger partial charge in [0.15, 0.2) is 4.80 Å². The van der Waals surface area contributed by atoms with E-state index in [1.165, 1.54) is 18.4 Å². The van der Waals surface area contributed by atoms with Gasteiger partial charge in [0, 0.05) is 28.7 Å². The van der Waals surface area contributed by atoms with Crippen LogP contribution in [-0.2, 0) is 12.0 Å². The molecule has 1 saturated heterocycles. The molecule has 2 aromatic rings. The lowest BCUT2D eigenvalue weighted by Crippen LogP contribution is -2.32. The summed E-state index contributed by atoms with van der Waals surface area (Å²) in [5.74, 6) is 0.0884. The Hall–Kier alpha value is -1.70. The second-order valence-corrected chi connectivity index (χ2v) is 9.78. The van der Waals surface area contributed by atoms with Gasteiger partial charge in [-0.25, -0.2) is 0 Å². The minimum absolute atomic E-state index is 0.0324. The summed E-state index contributed by atoms with van der Waals surface area (Å²) in [6.45, 7) is 7.17. The van der Waals surface area contributed by atoms with E-state index in [-0.39, 0.29) is 17.4 Å². The van der Waals surface area contributed by atoms with Crippen molar-refractivity contribution < 1.29 is 9.53 Å². The van der Waals surface area contributed by atoms with Crippen LogP contribution in [0.15, 0.2) is 29.4 Å². The molecule has 1 fully saturated rings. The first-order valence-corrected chi connectivity index (χ1v) is 10.7. The van der Waals surface area contributed by atoms with Crippen LogP contribution in [0, 0.1) is 0 Å². The maximum absolute atomic E-state index is 12.9. The number of hydrogen-bond acceptors (Lipinski definition) is 4. The third-order valence-electron chi connectivity index (χ3n) is 4.55. The predicted molar refractivity (Wildman–Crippen MR) is 118 cm³/mol. The zero-order valence-electron chi connectivity index (χ0n) is 16.4. The molecule has 8 heteroatoms. The number of thiazole rings is 1. The Morgan fingerprint density at radius 3 is 2.82 bits per heavy atom. The molecule has 0 bridgehead atoms. The summed E-state index contributed by atoms with van der Waals surface area (Å²) in [6.07, 6.45) is 3.99. The number of ether oxygens (including phenoxy) is 1. The van der Waals surface area contributed by atoms with E-state index in [4.69, 9.17) is 28.6 Å². The van der Waals surface area contributed by atoms with E-state index in [9.17, 15) is 4.79 Å². The maximum atomic E-state index is 12.9. The number of benzene rings is 1. The van der Waals surface area contributed by atoms with E-state index < -0.39 is 0 Å². The summed E-state index contributed by atoms with van der Waals surface area (Å²) in [5, 5.41) is 3.81. The number of carbonyl (C=O) groups is 1. The van der Waals surface area contributed by atoms with Gasteiger partial charge < -0.3 is 14.6 Å². The van der Waals surface area contributed by atoms with E-state index in [2.05, 4.69) is 37.3 Å². The Kier molecular flexibility index (Phi) is 6.27. The van der Waals surface area contributed by atoms with E-state index in [1.54, 1.807) is 18.2 Å². The van der Waals surface area contributed by atoms with Crippen molar-refractivity contribution in [2.75, 3.05) is 7.11 Å². The standard InChI is InChI=1S/C20H24ClN3O2S2/c1-20(2,3)16-11-24(10-13-6-8-17(27)22-13)19(28-16)23-18(25)14-9-12(21)5-7-15(14)26-4/h5,7,9,11,13H,6,8,10H2,1-4H3,(H,22,27)/b23-19-/t13-/m1/s1. The van der Waals surface area contributed by atoms with Crippen molar-refractivity contribution in [1.29, 1.82) is 0 Å². The molecule has 3 rings (SSSR count). The van der Waals surface area contributed by atoms with Gasteiger partial charge in [-0.15, -0.1) is 11.3 Å².